The fourth-order valence-corrected chi connectivity index (χ4v) is 4.41. The molecule has 0 saturated carbocycles. The van der Waals surface area contributed by atoms with Crippen molar-refractivity contribution >= 4 is 39.9 Å². The van der Waals surface area contributed by atoms with E-state index in [4.69, 9.17) is 4.74 Å². The number of aryl methyl sites for hydroxylation is 1. The molecule has 2 amide bonds. The van der Waals surface area contributed by atoms with Crippen molar-refractivity contribution in [3.8, 4) is 0 Å². The summed E-state index contributed by atoms with van der Waals surface area (Å²) in [4.78, 5) is 33.6. The van der Waals surface area contributed by atoms with Gasteiger partial charge in [-0.2, -0.15) is 5.10 Å². The van der Waals surface area contributed by atoms with Gasteiger partial charge in [-0.1, -0.05) is 12.1 Å². The lowest BCUT2D eigenvalue weighted by atomic mass is 10.1. The van der Waals surface area contributed by atoms with E-state index in [9.17, 15) is 14.0 Å². The molecule has 11 heteroatoms. The number of pyridine rings is 1. The largest absolute Gasteiger partial charge is 0.444 e. The molecule has 3 aromatic heterocycles. The molecular weight excluding hydrogens is 477 g/mol. The molecule has 1 aliphatic heterocycles. The van der Waals surface area contributed by atoms with E-state index in [-0.39, 0.29) is 11.7 Å². The van der Waals surface area contributed by atoms with Gasteiger partial charge >= 0.3 is 6.09 Å². The number of nitrogens with one attached hydrogen (secondary N) is 1. The summed E-state index contributed by atoms with van der Waals surface area (Å²) in [5.74, 6) is -0.959. The molecule has 4 heterocycles. The average molecular weight is 506 g/mol. The Bertz CT molecular complexity index is 1500. The third-order valence-electron chi connectivity index (χ3n) is 6.05. The van der Waals surface area contributed by atoms with Crippen molar-refractivity contribution in [3.05, 3.63) is 59.9 Å². The van der Waals surface area contributed by atoms with Crippen LogP contribution in [0.5, 0.6) is 0 Å². The average Bonchev–Trinajstić information content (AvgIpc) is 3.23. The second-order valence-electron chi connectivity index (χ2n) is 10.0. The van der Waals surface area contributed by atoms with Crippen LogP contribution in [0, 0.1) is 12.7 Å². The third-order valence-corrected chi connectivity index (χ3v) is 6.05. The maximum Gasteiger partial charge on any atom is 0.410 e. The van der Waals surface area contributed by atoms with Gasteiger partial charge in [-0.05, 0) is 33.8 Å². The molecule has 37 heavy (non-hydrogen) atoms. The van der Waals surface area contributed by atoms with E-state index < -0.39 is 17.3 Å². The van der Waals surface area contributed by atoms with Gasteiger partial charge in [0.2, 0.25) is 0 Å². The van der Waals surface area contributed by atoms with Crippen LogP contribution in [0.1, 0.15) is 36.8 Å². The molecule has 0 aliphatic carbocycles. The zero-order chi connectivity index (χ0) is 26.3. The topological polar surface area (TPSA) is 105 Å². The second-order valence-corrected chi connectivity index (χ2v) is 10.0. The Balaban J connectivity index is 1.37. The molecule has 1 N–H and O–H groups in total. The molecular formula is C26H28FN7O3. The Morgan fingerprint density at radius 3 is 2.59 bits per heavy atom. The third kappa shape index (κ3) is 5.02. The highest BCUT2D eigenvalue weighted by Gasteiger charge is 2.27. The first-order chi connectivity index (χ1) is 17.6. The van der Waals surface area contributed by atoms with Crippen LogP contribution in [0.15, 0.2) is 42.9 Å². The molecule has 192 valence electrons. The lowest BCUT2D eigenvalue weighted by molar-refractivity contribution is 0.0240. The highest BCUT2D eigenvalue weighted by Crippen LogP contribution is 2.28. The number of piperazine rings is 1. The first-order valence-corrected chi connectivity index (χ1v) is 12.0. The molecule has 0 unspecified atom stereocenters. The molecule has 0 bridgehead atoms. The van der Waals surface area contributed by atoms with Gasteiger partial charge in [-0.15, -0.1) is 5.10 Å². The number of carbonyl (C=O) groups excluding carboxylic acids is 2. The zero-order valence-corrected chi connectivity index (χ0v) is 21.2. The number of carbonyl (C=O) groups is 2. The number of rotatable bonds is 3. The zero-order valence-electron chi connectivity index (χ0n) is 21.2. The Morgan fingerprint density at radius 1 is 1.11 bits per heavy atom. The summed E-state index contributed by atoms with van der Waals surface area (Å²) >= 11 is 0. The lowest BCUT2D eigenvalue weighted by Crippen LogP contribution is -2.50. The highest BCUT2D eigenvalue weighted by atomic mass is 19.1. The number of hydrogen-bond donors (Lipinski definition) is 1. The van der Waals surface area contributed by atoms with Gasteiger partial charge in [0.1, 0.15) is 11.1 Å². The molecule has 0 radical (unpaired) electrons. The molecule has 1 fully saturated rings. The van der Waals surface area contributed by atoms with Crippen LogP contribution in [-0.2, 0) is 4.74 Å². The van der Waals surface area contributed by atoms with Gasteiger partial charge in [0.05, 0.1) is 28.8 Å². The van der Waals surface area contributed by atoms with Gasteiger partial charge in [0.15, 0.2) is 11.5 Å². The van der Waals surface area contributed by atoms with E-state index in [2.05, 4.69) is 25.4 Å². The van der Waals surface area contributed by atoms with Gasteiger partial charge in [-0.3, -0.25) is 4.79 Å². The Labute approximate surface area is 213 Å². The molecule has 10 nitrogen and oxygen atoms in total. The summed E-state index contributed by atoms with van der Waals surface area (Å²) in [6.45, 7) is 9.47. The van der Waals surface area contributed by atoms with E-state index in [1.165, 1.54) is 10.5 Å². The summed E-state index contributed by atoms with van der Waals surface area (Å²) in [5.41, 5.74) is 2.20. The van der Waals surface area contributed by atoms with E-state index in [0.717, 1.165) is 11.1 Å². The first-order valence-electron chi connectivity index (χ1n) is 12.0. The SMILES string of the molecule is Cc1cn2cc(NC(=O)c3cccc4c(N5CCN(C(=O)OC(C)(C)C)CC5)cnnc34)cc(F)c2n1. The predicted molar refractivity (Wildman–Crippen MR) is 137 cm³/mol. The number of fused-ring (bicyclic) bond motifs is 2. The van der Waals surface area contributed by atoms with Gasteiger partial charge in [0, 0.05) is 50.0 Å². The normalized spacial score (nSPS) is 14.3. The summed E-state index contributed by atoms with van der Waals surface area (Å²) in [5, 5.41) is 11.9. The number of imidazole rings is 1. The monoisotopic (exact) mass is 505 g/mol. The summed E-state index contributed by atoms with van der Waals surface area (Å²) in [6, 6.07) is 6.57. The van der Waals surface area contributed by atoms with Crippen molar-refractivity contribution in [2.75, 3.05) is 36.4 Å². The number of nitrogens with zero attached hydrogens (tertiary/aromatic N) is 6. The Hall–Kier alpha value is -4.28. The maximum atomic E-state index is 14.5. The van der Waals surface area contributed by atoms with Gasteiger partial charge in [0.25, 0.3) is 5.91 Å². The number of benzene rings is 1. The number of ether oxygens (including phenoxy) is 1. The molecule has 5 rings (SSSR count). The second kappa shape index (κ2) is 9.30. The summed E-state index contributed by atoms with van der Waals surface area (Å²) in [6.07, 6.45) is 4.64. The molecule has 1 aromatic carbocycles. The number of anilines is 2. The molecule has 1 aliphatic rings. The van der Waals surface area contributed by atoms with Crippen LogP contribution in [0.3, 0.4) is 0 Å². The fraction of sp³-hybridized carbons (Fsp3) is 0.346. The van der Waals surface area contributed by atoms with Crippen molar-refractivity contribution in [2.24, 2.45) is 0 Å². The van der Waals surface area contributed by atoms with Crippen molar-refractivity contribution in [1.82, 2.24) is 24.5 Å². The minimum atomic E-state index is -0.550. The molecule has 4 aromatic rings. The van der Waals surface area contributed by atoms with Crippen LogP contribution in [0.25, 0.3) is 16.6 Å². The summed E-state index contributed by atoms with van der Waals surface area (Å²) < 4.78 is 21.5. The molecule has 0 spiro atoms. The van der Waals surface area contributed by atoms with Crippen LogP contribution >= 0.6 is 0 Å². The van der Waals surface area contributed by atoms with Crippen LogP contribution < -0.4 is 10.2 Å². The van der Waals surface area contributed by atoms with Gasteiger partial charge < -0.3 is 24.3 Å². The number of aromatic nitrogens is 4. The smallest absolute Gasteiger partial charge is 0.410 e. The highest BCUT2D eigenvalue weighted by molar-refractivity contribution is 6.13. The lowest BCUT2D eigenvalue weighted by Gasteiger charge is -2.36. The van der Waals surface area contributed by atoms with Crippen molar-refractivity contribution in [3.63, 3.8) is 0 Å². The summed E-state index contributed by atoms with van der Waals surface area (Å²) in [7, 11) is 0. The van der Waals surface area contributed by atoms with Crippen LogP contribution in [-0.4, -0.2) is 68.3 Å². The van der Waals surface area contributed by atoms with E-state index >= 15 is 0 Å². The van der Waals surface area contributed by atoms with E-state index in [0.29, 0.717) is 48.6 Å². The van der Waals surface area contributed by atoms with Crippen LogP contribution in [0.4, 0.5) is 20.6 Å². The number of amides is 2. The number of halogens is 1. The minimum absolute atomic E-state index is 0.197. The van der Waals surface area contributed by atoms with Crippen molar-refractivity contribution in [2.45, 2.75) is 33.3 Å². The fourth-order valence-electron chi connectivity index (χ4n) is 4.41. The quantitative estimate of drug-likeness (QED) is 0.448. The van der Waals surface area contributed by atoms with Crippen LogP contribution in [0.2, 0.25) is 0 Å². The van der Waals surface area contributed by atoms with E-state index in [1.807, 2.05) is 26.8 Å². The predicted octanol–water partition coefficient (Wildman–Crippen LogP) is 4.03. The minimum Gasteiger partial charge on any atom is -0.444 e. The van der Waals surface area contributed by atoms with E-state index in [1.54, 1.807) is 42.5 Å². The standard InChI is InChI=1S/C26H28FN7O3/c1-16-14-34-15-17(12-20(27)23(34)29-16)30-24(35)19-7-5-6-18-21(13-28-31-22(18)19)32-8-10-33(11-9-32)25(36)37-26(2,3)4/h5-7,12-15H,8-11H2,1-4H3,(H,30,35). The Kier molecular flexibility index (Phi) is 6.14. The first kappa shape index (κ1) is 24.4. The maximum absolute atomic E-state index is 14.5. The van der Waals surface area contributed by atoms with Gasteiger partial charge in [-0.25, -0.2) is 14.2 Å². The Morgan fingerprint density at radius 2 is 1.86 bits per heavy atom. The van der Waals surface area contributed by atoms with Crippen molar-refractivity contribution in [1.29, 1.82) is 0 Å². The molecule has 0 atom stereocenters. The molecule has 1 saturated heterocycles. The van der Waals surface area contributed by atoms with Crippen molar-refractivity contribution < 1.29 is 18.7 Å². The number of hydrogen-bond acceptors (Lipinski definition) is 7.